The van der Waals surface area contributed by atoms with Crippen LogP contribution in [-0.4, -0.2) is 12.1 Å². The Morgan fingerprint density at radius 2 is 2.18 bits per heavy atom. The van der Waals surface area contributed by atoms with Crippen molar-refractivity contribution >= 4 is 12.1 Å². The normalized spacial score (nSPS) is 41.8. The van der Waals surface area contributed by atoms with Crippen LogP contribution in [0.3, 0.4) is 0 Å². The van der Waals surface area contributed by atoms with Crippen LogP contribution in [0.4, 0.5) is 0 Å². The van der Waals surface area contributed by atoms with Crippen molar-refractivity contribution in [1.29, 1.82) is 0 Å². The first-order chi connectivity index (χ1) is 7.99. The van der Waals surface area contributed by atoms with Crippen LogP contribution in [0.15, 0.2) is 12.2 Å². The highest BCUT2D eigenvalue weighted by molar-refractivity contribution is 5.83. The number of aldehydes is 1. The molecule has 2 rings (SSSR count). The van der Waals surface area contributed by atoms with E-state index in [1.807, 2.05) is 0 Å². The Hall–Kier alpha value is -0.920. The van der Waals surface area contributed by atoms with E-state index in [9.17, 15) is 9.59 Å². The summed E-state index contributed by atoms with van der Waals surface area (Å²) in [5.41, 5.74) is 1.31. The summed E-state index contributed by atoms with van der Waals surface area (Å²) >= 11 is 0. The summed E-state index contributed by atoms with van der Waals surface area (Å²) in [7, 11) is 0. The van der Waals surface area contributed by atoms with Gasteiger partial charge in [0.25, 0.3) is 0 Å². The number of hydrogen-bond donors (Lipinski definition) is 0. The number of carbonyl (C=O) groups excluding carboxylic acids is 2. The summed E-state index contributed by atoms with van der Waals surface area (Å²) in [5, 5.41) is 0. The molecule has 0 aromatic rings. The van der Waals surface area contributed by atoms with E-state index in [2.05, 4.69) is 20.4 Å². The highest BCUT2D eigenvalue weighted by Gasteiger charge is 2.51. The zero-order valence-corrected chi connectivity index (χ0v) is 10.9. The van der Waals surface area contributed by atoms with Gasteiger partial charge in [0.1, 0.15) is 12.1 Å². The third-order valence-corrected chi connectivity index (χ3v) is 5.15. The van der Waals surface area contributed by atoms with Crippen molar-refractivity contribution in [2.24, 2.45) is 23.2 Å². The Morgan fingerprint density at radius 3 is 2.71 bits per heavy atom. The minimum atomic E-state index is -0.0527. The number of Topliss-reactive ketones (excluding diaryl/α,β-unsaturated/α-hetero) is 1. The molecule has 0 saturated heterocycles. The molecule has 0 unspecified atom stereocenters. The van der Waals surface area contributed by atoms with Crippen molar-refractivity contribution in [2.45, 2.75) is 46.0 Å². The molecule has 0 amide bonds. The van der Waals surface area contributed by atoms with Gasteiger partial charge in [-0.3, -0.25) is 4.79 Å². The Kier molecular flexibility index (Phi) is 3.24. The molecule has 0 aromatic carbocycles. The van der Waals surface area contributed by atoms with Crippen molar-refractivity contribution in [3.63, 3.8) is 0 Å². The van der Waals surface area contributed by atoms with Gasteiger partial charge in [-0.05, 0) is 43.4 Å². The summed E-state index contributed by atoms with van der Waals surface area (Å²) in [6.07, 6.45) is 5.44. The highest BCUT2D eigenvalue weighted by atomic mass is 16.1. The van der Waals surface area contributed by atoms with Gasteiger partial charge in [-0.2, -0.15) is 0 Å². The first-order valence-corrected chi connectivity index (χ1v) is 6.62. The molecule has 2 aliphatic carbocycles. The molecule has 2 nitrogen and oxygen atoms in total. The monoisotopic (exact) mass is 234 g/mol. The molecular formula is C15H22O2. The molecule has 0 aliphatic heterocycles. The van der Waals surface area contributed by atoms with E-state index in [0.29, 0.717) is 24.7 Å². The summed E-state index contributed by atoms with van der Waals surface area (Å²) in [4.78, 5) is 22.9. The maximum Gasteiger partial charge on any atom is 0.133 e. The van der Waals surface area contributed by atoms with Gasteiger partial charge in [0.05, 0.1) is 0 Å². The van der Waals surface area contributed by atoms with Crippen LogP contribution in [-0.2, 0) is 9.59 Å². The Balaban J connectivity index is 2.25. The molecule has 94 valence electrons. The second-order valence-electron chi connectivity index (χ2n) is 6.11. The quantitative estimate of drug-likeness (QED) is 0.543. The molecule has 0 bridgehead atoms. The third kappa shape index (κ3) is 1.98. The lowest BCUT2D eigenvalue weighted by atomic mass is 9.59. The van der Waals surface area contributed by atoms with Crippen LogP contribution >= 0.6 is 0 Å². The van der Waals surface area contributed by atoms with E-state index in [0.717, 1.165) is 25.5 Å². The number of carbonyl (C=O) groups is 2. The van der Waals surface area contributed by atoms with Gasteiger partial charge >= 0.3 is 0 Å². The fourth-order valence-electron chi connectivity index (χ4n) is 3.94. The Morgan fingerprint density at radius 1 is 1.47 bits per heavy atom. The summed E-state index contributed by atoms with van der Waals surface area (Å²) < 4.78 is 0. The van der Waals surface area contributed by atoms with Gasteiger partial charge in [-0.25, -0.2) is 0 Å². The number of hydrogen-bond acceptors (Lipinski definition) is 2. The average molecular weight is 234 g/mol. The first-order valence-electron chi connectivity index (χ1n) is 6.62. The molecule has 0 aromatic heterocycles. The summed E-state index contributed by atoms with van der Waals surface area (Å²) in [6.45, 7) is 8.28. The zero-order chi connectivity index (χ0) is 12.6. The van der Waals surface area contributed by atoms with E-state index in [4.69, 9.17) is 0 Å². The van der Waals surface area contributed by atoms with Crippen LogP contribution in [0.1, 0.15) is 46.0 Å². The van der Waals surface area contributed by atoms with Gasteiger partial charge < -0.3 is 4.79 Å². The fraction of sp³-hybridized carbons (Fsp3) is 0.733. The number of allylic oxidation sites excluding steroid dienone is 1. The van der Waals surface area contributed by atoms with Crippen LogP contribution in [0, 0.1) is 23.2 Å². The van der Waals surface area contributed by atoms with Gasteiger partial charge in [-0.15, -0.1) is 0 Å². The molecule has 0 radical (unpaired) electrons. The highest BCUT2D eigenvalue weighted by Crippen LogP contribution is 2.57. The maximum atomic E-state index is 11.6. The molecule has 0 N–H and O–H groups in total. The minimum absolute atomic E-state index is 0.0527. The number of rotatable bonds is 2. The third-order valence-electron chi connectivity index (χ3n) is 5.15. The van der Waals surface area contributed by atoms with Gasteiger partial charge in [0.15, 0.2) is 0 Å². The van der Waals surface area contributed by atoms with E-state index in [1.165, 1.54) is 5.57 Å². The lowest BCUT2D eigenvalue weighted by Gasteiger charge is -2.43. The van der Waals surface area contributed by atoms with Gasteiger partial charge in [-0.1, -0.05) is 19.1 Å². The van der Waals surface area contributed by atoms with Crippen molar-refractivity contribution < 1.29 is 9.59 Å². The summed E-state index contributed by atoms with van der Waals surface area (Å²) in [6, 6.07) is 0. The van der Waals surface area contributed by atoms with E-state index in [1.54, 1.807) is 0 Å². The lowest BCUT2D eigenvalue weighted by molar-refractivity contribution is -0.134. The van der Waals surface area contributed by atoms with E-state index < -0.39 is 0 Å². The van der Waals surface area contributed by atoms with Crippen LogP contribution in [0.5, 0.6) is 0 Å². The zero-order valence-electron chi connectivity index (χ0n) is 10.9. The van der Waals surface area contributed by atoms with Crippen LogP contribution in [0.25, 0.3) is 0 Å². The van der Waals surface area contributed by atoms with Crippen molar-refractivity contribution in [3.05, 3.63) is 12.2 Å². The SMILES string of the molecule is C=C(C)[C@@H]1CC[C@]2(C1)[C@H](C)CC(=O)C[C@@H]2C=O. The first kappa shape index (κ1) is 12.5. The van der Waals surface area contributed by atoms with Crippen molar-refractivity contribution in [1.82, 2.24) is 0 Å². The maximum absolute atomic E-state index is 11.6. The van der Waals surface area contributed by atoms with Crippen LogP contribution < -0.4 is 0 Å². The number of ketones is 1. The lowest BCUT2D eigenvalue weighted by Crippen LogP contribution is -2.42. The smallest absolute Gasteiger partial charge is 0.133 e. The molecule has 4 atom stereocenters. The van der Waals surface area contributed by atoms with E-state index in [-0.39, 0.29) is 17.1 Å². The van der Waals surface area contributed by atoms with Gasteiger partial charge in [0, 0.05) is 18.8 Å². The molecule has 17 heavy (non-hydrogen) atoms. The molecule has 2 heteroatoms. The minimum Gasteiger partial charge on any atom is -0.303 e. The average Bonchev–Trinajstić information content (AvgIpc) is 2.70. The van der Waals surface area contributed by atoms with E-state index >= 15 is 0 Å². The second kappa shape index (κ2) is 4.40. The Labute approximate surface area is 103 Å². The Bertz CT molecular complexity index is 358. The molecular weight excluding hydrogens is 212 g/mol. The van der Waals surface area contributed by atoms with Crippen LogP contribution in [0.2, 0.25) is 0 Å². The van der Waals surface area contributed by atoms with Gasteiger partial charge in [0.2, 0.25) is 0 Å². The molecule has 1 spiro atoms. The molecule has 2 saturated carbocycles. The van der Waals surface area contributed by atoms with Crippen molar-refractivity contribution in [2.75, 3.05) is 0 Å². The topological polar surface area (TPSA) is 34.1 Å². The molecule has 0 heterocycles. The largest absolute Gasteiger partial charge is 0.303 e. The predicted octanol–water partition coefficient (Wildman–Crippen LogP) is 3.16. The summed E-state index contributed by atoms with van der Waals surface area (Å²) in [5.74, 6) is 1.11. The molecule has 2 aliphatic rings. The van der Waals surface area contributed by atoms with Crippen molar-refractivity contribution in [3.8, 4) is 0 Å². The predicted molar refractivity (Wildman–Crippen MR) is 67.5 cm³/mol. The fourth-order valence-corrected chi connectivity index (χ4v) is 3.94. The molecule has 2 fully saturated rings. The standard InChI is InChI=1S/C15H22O2/c1-10(2)12-4-5-15(8-12)11(3)6-14(17)7-13(15)9-16/h9,11-13H,1,4-8H2,2-3H3/t11-,12-,13-,15+/m1/s1. The second-order valence-corrected chi connectivity index (χ2v) is 6.11.